The Morgan fingerprint density at radius 3 is 2.70 bits per heavy atom. The Bertz CT molecular complexity index is 561. The van der Waals surface area contributed by atoms with Crippen molar-refractivity contribution < 1.29 is 4.79 Å². The van der Waals surface area contributed by atoms with Crippen molar-refractivity contribution in [2.75, 3.05) is 0 Å². The fraction of sp³-hybridized carbons (Fsp3) is 0.0769. The van der Waals surface area contributed by atoms with E-state index < -0.39 is 6.03 Å². The second-order valence-corrected chi connectivity index (χ2v) is 4.45. The zero-order valence-corrected chi connectivity index (χ0v) is 11.4. The minimum absolute atomic E-state index is 0.391. The Balaban J connectivity index is 1.67. The van der Waals surface area contributed by atoms with Crippen LogP contribution < -0.4 is 10.1 Å². The molecule has 0 spiro atoms. The smallest absolute Gasteiger partial charge is 0.280 e. The van der Waals surface area contributed by atoms with Gasteiger partial charge in [0, 0.05) is 12.4 Å². The van der Waals surface area contributed by atoms with E-state index in [2.05, 4.69) is 25.2 Å². The average molecular weight is 287 g/mol. The Kier molecular flexibility index (Phi) is 5.53. The summed E-state index contributed by atoms with van der Waals surface area (Å²) >= 11 is 1.25. The predicted octanol–water partition coefficient (Wildman–Crippen LogP) is 1.96. The maximum atomic E-state index is 11.4. The zero-order valence-electron chi connectivity index (χ0n) is 10.6. The number of nitrogens with zero attached hydrogens (tertiary/aromatic N) is 3. The number of urea groups is 1. The van der Waals surface area contributed by atoms with Crippen LogP contribution in [0.4, 0.5) is 4.79 Å². The van der Waals surface area contributed by atoms with E-state index in [1.165, 1.54) is 18.2 Å². The number of carbonyl (C=O) groups excluding carboxylic acids is 1. The minimum atomic E-state index is -0.391. The molecule has 7 heteroatoms. The van der Waals surface area contributed by atoms with Gasteiger partial charge in [-0.1, -0.05) is 12.1 Å². The van der Waals surface area contributed by atoms with Crippen molar-refractivity contribution in [2.45, 2.75) is 5.75 Å². The maximum absolute atomic E-state index is 11.4. The molecule has 0 aliphatic heterocycles. The van der Waals surface area contributed by atoms with E-state index in [9.17, 15) is 4.79 Å². The van der Waals surface area contributed by atoms with E-state index in [0.29, 0.717) is 11.4 Å². The third-order valence-corrected chi connectivity index (χ3v) is 2.93. The van der Waals surface area contributed by atoms with Crippen molar-refractivity contribution in [3.63, 3.8) is 0 Å². The Labute approximate surface area is 120 Å². The summed E-state index contributed by atoms with van der Waals surface area (Å²) in [5.41, 5.74) is 3.93. The first-order valence-corrected chi connectivity index (χ1v) is 6.85. The number of hydrogen-bond acceptors (Lipinski definition) is 5. The third-order valence-electron chi connectivity index (χ3n) is 2.16. The van der Waals surface area contributed by atoms with Gasteiger partial charge in [0.2, 0.25) is 0 Å². The third kappa shape index (κ3) is 5.07. The summed E-state index contributed by atoms with van der Waals surface area (Å²) in [5, 5.41) is 3.79. The monoisotopic (exact) mass is 287 g/mol. The van der Waals surface area contributed by atoms with Gasteiger partial charge in [-0.15, -0.1) is 0 Å². The first kappa shape index (κ1) is 14.0. The Morgan fingerprint density at radius 2 is 2.00 bits per heavy atom. The number of pyridine rings is 2. The molecule has 20 heavy (non-hydrogen) atoms. The van der Waals surface area contributed by atoms with Crippen molar-refractivity contribution in [2.24, 2.45) is 5.10 Å². The highest BCUT2D eigenvalue weighted by Gasteiger charge is 1.99. The van der Waals surface area contributed by atoms with Gasteiger partial charge in [0.15, 0.2) is 0 Å². The van der Waals surface area contributed by atoms with Gasteiger partial charge < -0.3 is 0 Å². The first-order chi connectivity index (χ1) is 9.84. The number of hydrazone groups is 1. The van der Waals surface area contributed by atoms with Crippen molar-refractivity contribution >= 4 is 24.2 Å². The van der Waals surface area contributed by atoms with E-state index in [1.54, 1.807) is 18.5 Å². The van der Waals surface area contributed by atoms with Crippen molar-refractivity contribution in [1.29, 1.82) is 0 Å². The summed E-state index contributed by atoms with van der Waals surface area (Å²) in [6.07, 6.45) is 4.85. The maximum Gasteiger partial charge on any atom is 0.345 e. The van der Waals surface area contributed by atoms with E-state index in [4.69, 9.17) is 0 Å². The molecular formula is C13H13N5OS. The number of nitrogens with one attached hydrogen (secondary N) is 2. The summed E-state index contributed by atoms with van der Waals surface area (Å²) in [4.78, 5) is 19.6. The number of carbonyl (C=O) groups is 1. The molecule has 0 aromatic carbocycles. The highest BCUT2D eigenvalue weighted by Crippen LogP contribution is 2.04. The van der Waals surface area contributed by atoms with Crippen molar-refractivity contribution in [3.8, 4) is 0 Å². The highest BCUT2D eigenvalue weighted by molar-refractivity contribution is 7.97. The molecule has 0 aliphatic rings. The second kappa shape index (κ2) is 7.90. The zero-order chi connectivity index (χ0) is 14.0. The Morgan fingerprint density at radius 1 is 1.20 bits per heavy atom. The molecule has 2 heterocycles. The largest absolute Gasteiger partial charge is 0.345 e. The van der Waals surface area contributed by atoms with Crippen molar-refractivity contribution in [3.05, 3.63) is 60.2 Å². The molecule has 0 radical (unpaired) electrons. The summed E-state index contributed by atoms with van der Waals surface area (Å²) in [7, 11) is 0. The van der Waals surface area contributed by atoms with Crippen LogP contribution >= 0.6 is 11.9 Å². The first-order valence-electron chi connectivity index (χ1n) is 5.86. The molecular weight excluding hydrogens is 274 g/mol. The number of hydrogen-bond donors (Lipinski definition) is 2. The molecule has 6 nitrogen and oxygen atoms in total. The minimum Gasteiger partial charge on any atom is -0.280 e. The van der Waals surface area contributed by atoms with Gasteiger partial charge in [-0.05, 0) is 36.2 Å². The summed E-state index contributed by atoms with van der Waals surface area (Å²) in [5.74, 6) is 0.595. The lowest BCUT2D eigenvalue weighted by atomic mass is 10.4. The fourth-order valence-corrected chi connectivity index (χ4v) is 1.86. The van der Waals surface area contributed by atoms with Crippen LogP contribution in [0.2, 0.25) is 0 Å². The highest BCUT2D eigenvalue weighted by atomic mass is 32.2. The van der Waals surface area contributed by atoms with E-state index in [1.807, 2.05) is 30.3 Å². The number of amides is 2. The molecule has 2 aromatic rings. The summed E-state index contributed by atoms with van der Waals surface area (Å²) in [6, 6.07) is 10.7. The molecule has 0 fully saturated rings. The molecule has 0 bridgehead atoms. The van der Waals surface area contributed by atoms with E-state index >= 15 is 0 Å². The normalized spacial score (nSPS) is 10.4. The van der Waals surface area contributed by atoms with E-state index in [-0.39, 0.29) is 0 Å². The van der Waals surface area contributed by atoms with Crippen LogP contribution in [0.1, 0.15) is 11.4 Å². The average Bonchev–Trinajstić information content (AvgIpc) is 2.49. The van der Waals surface area contributed by atoms with Crippen LogP contribution in [0.3, 0.4) is 0 Å². The Hall–Kier alpha value is -2.41. The predicted molar refractivity (Wildman–Crippen MR) is 79.0 cm³/mol. The van der Waals surface area contributed by atoms with Crippen LogP contribution in [-0.2, 0) is 5.75 Å². The summed E-state index contributed by atoms with van der Waals surface area (Å²) in [6.45, 7) is 0. The van der Waals surface area contributed by atoms with Crippen LogP contribution in [0.25, 0.3) is 0 Å². The van der Waals surface area contributed by atoms with Crippen LogP contribution in [0.15, 0.2) is 53.9 Å². The molecule has 0 saturated carbocycles. The van der Waals surface area contributed by atoms with Gasteiger partial charge in [0.05, 0.1) is 23.4 Å². The van der Waals surface area contributed by atoms with Gasteiger partial charge >= 0.3 is 6.03 Å². The molecule has 0 unspecified atom stereocenters. The SMILES string of the molecule is O=C(N/N=C/c1ccccn1)NSCc1ccccn1. The molecule has 2 rings (SSSR count). The molecule has 2 amide bonds. The second-order valence-electron chi connectivity index (χ2n) is 3.67. The van der Waals surface area contributed by atoms with Gasteiger partial charge in [-0.2, -0.15) is 5.10 Å². The molecule has 0 aliphatic carbocycles. The van der Waals surface area contributed by atoms with E-state index in [0.717, 1.165) is 5.69 Å². The topological polar surface area (TPSA) is 79.3 Å². The molecule has 102 valence electrons. The number of aromatic nitrogens is 2. The lowest BCUT2D eigenvalue weighted by Gasteiger charge is -2.02. The quantitative estimate of drug-likeness (QED) is 0.500. The molecule has 2 N–H and O–H groups in total. The van der Waals surface area contributed by atoms with Crippen LogP contribution in [0, 0.1) is 0 Å². The molecule has 2 aromatic heterocycles. The van der Waals surface area contributed by atoms with Crippen molar-refractivity contribution in [1.82, 2.24) is 20.1 Å². The van der Waals surface area contributed by atoms with Crippen LogP contribution in [0.5, 0.6) is 0 Å². The lowest BCUT2D eigenvalue weighted by Crippen LogP contribution is -2.27. The molecule has 0 atom stereocenters. The van der Waals surface area contributed by atoms with Crippen LogP contribution in [-0.4, -0.2) is 22.2 Å². The summed E-state index contributed by atoms with van der Waals surface area (Å²) < 4.78 is 2.61. The van der Waals surface area contributed by atoms with Gasteiger partial charge in [-0.3, -0.25) is 14.7 Å². The van der Waals surface area contributed by atoms with Gasteiger partial charge in [-0.25, -0.2) is 10.2 Å². The van der Waals surface area contributed by atoms with Gasteiger partial charge in [0.1, 0.15) is 0 Å². The van der Waals surface area contributed by atoms with Gasteiger partial charge in [0.25, 0.3) is 0 Å². The fourth-order valence-electron chi connectivity index (χ4n) is 1.29. The molecule has 0 saturated heterocycles. The standard InChI is InChI=1S/C13H13N5OS/c19-13(17-16-9-11-5-1-3-7-14-11)18-20-10-12-6-2-4-8-15-12/h1-9H,10H2,(H2,17,18,19)/b16-9+. The number of rotatable bonds is 5. The lowest BCUT2D eigenvalue weighted by molar-refractivity contribution is 0.247.